The number of morpholine rings is 1. The van der Waals surface area contributed by atoms with Gasteiger partial charge < -0.3 is 14.0 Å². The highest BCUT2D eigenvalue weighted by Gasteiger charge is 2.26. The van der Waals surface area contributed by atoms with E-state index in [1.54, 1.807) is 13.0 Å². The Morgan fingerprint density at radius 3 is 3.00 bits per heavy atom. The van der Waals surface area contributed by atoms with Crippen molar-refractivity contribution in [3.05, 3.63) is 41.3 Å². The number of aryl methyl sites for hydroxylation is 1. The molecule has 0 radical (unpaired) electrons. The molecule has 1 aliphatic rings. The molecule has 1 fully saturated rings. The number of ether oxygens (including phenoxy) is 2. The van der Waals surface area contributed by atoms with Crippen LogP contribution < -0.4 is 4.74 Å². The molecule has 22 heavy (non-hydrogen) atoms. The molecule has 0 aliphatic carbocycles. The summed E-state index contributed by atoms with van der Waals surface area (Å²) < 4.78 is 29.4. The smallest absolute Gasteiger partial charge is 0.223 e. The third-order valence-electron chi connectivity index (χ3n) is 3.60. The minimum Gasteiger partial charge on any atom is -0.494 e. The lowest BCUT2D eigenvalue weighted by Gasteiger charge is -2.31. The molecule has 1 atom stereocenters. The van der Waals surface area contributed by atoms with Gasteiger partial charge in [0.05, 0.1) is 13.7 Å². The summed E-state index contributed by atoms with van der Waals surface area (Å²) in [6.45, 7) is 4.39. The third-order valence-corrected chi connectivity index (χ3v) is 3.60. The van der Waals surface area contributed by atoms with Gasteiger partial charge in [-0.15, -0.1) is 0 Å². The minimum absolute atomic E-state index is 0.214. The lowest BCUT2D eigenvalue weighted by Crippen LogP contribution is -2.38. The molecule has 7 heteroatoms. The Labute approximate surface area is 127 Å². The second kappa shape index (κ2) is 6.41. The first kappa shape index (κ1) is 14.9. The van der Waals surface area contributed by atoms with Gasteiger partial charge in [0.2, 0.25) is 11.7 Å². The first-order valence-electron chi connectivity index (χ1n) is 7.12. The highest BCUT2D eigenvalue weighted by Crippen LogP contribution is 2.23. The number of rotatable bonds is 4. The number of methoxy groups -OCH3 is 1. The van der Waals surface area contributed by atoms with Crippen LogP contribution in [-0.2, 0) is 11.3 Å². The maximum Gasteiger partial charge on any atom is 0.223 e. The Balaban J connectivity index is 1.66. The van der Waals surface area contributed by atoms with Crippen molar-refractivity contribution >= 4 is 0 Å². The summed E-state index contributed by atoms with van der Waals surface area (Å²) in [7, 11) is 1.46. The molecule has 0 bridgehead atoms. The predicted octanol–water partition coefficient (Wildman–Crippen LogP) is 2.10. The summed E-state index contributed by atoms with van der Waals surface area (Å²) in [6.07, 6.45) is -0.214. The van der Waals surface area contributed by atoms with Crippen LogP contribution in [0.25, 0.3) is 0 Å². The SMILES string of the molecule is COc1ccc(CN2CCO[C@@H](c3noc(C)n3)C2)cc1F. The van der Waals surface area contributed by atoms with Gasteiger partial charge in [-0.2, -0.15) is 4.98 Å². The van der Waals surface area contributed by atoms with Gasteiger partial charge in [0.15, 0.2) is 11.6 Å². The average molecular weight is 307 g/mol. The van der Waals surface area contributed by atoms with Crippen molar-refractivity contribution in [2.75, 3.05) is 26.8 Å². The summed E-state index contributed by atoms with van der Waals surface area (Å²) in [5.41, 5.74) is 0.892. The molecule has 1 aromatic carbocycles. The number of aromatic nitrogens is 2. The van der Waals surface area contributed by atoms with Crippen molar-refractivity contribution in [1.29, 1.82) is 0 Å². The van der Waals surface area contributed by atoms with Crippen LogP contribution in [0.2, 0.25) is 0 Å². The zero-order valence-electron chi connectivity index (χ0n) is 12.6. The van der Waals surface area contributed by atoms with Gasteiger partial charge in [-0.1, -0.05) is 11.2 Å². The van der Waals surface area contributed by atoms with Gasteiger partial charge in [-0.05, 0) is 17.7 Å². The Morgan fingerprint density at radius 2 is 2.32 bits per heavy atom. The van der Waals surface area contributed by atoms with E-state index in [0.717, 1.165) is 12.1 Å². The van der Waals surface area contributed by atoms with E-state index in [2.05, 4.69) is 15.0 Å². The van der Waals surface area contributed by atoms with Crippen molar-refractivity contribution in [2.45, 2.75) is 19.6 Å². The van der Waals surface area contributed by atoms with E-state index in [4.69, 9.17) is 14.0 Å². The van der Waals surface area contributed by atoms with Crippen molar-refractivity contribution in [2.24, 2.45) is 0 Å². The quantitative estimate of drug-likeness (QED) is 0.862. The summed E-state index contributed by atoms with van der Waals surface area (Å²) in [4.78, 5) is 6.39. The summed E-state index contributed by atoms with van der Waals surface area (Å²) >= 11 is 0. The van der Waals surface area contributed by atoms with E-state index < -0.39 is 0 Å². The number of hydrogen-bond donors (Lipinski definition) is 0. The molecular weight excluding hydrogens is 289 g/mol. The second-order valence-corrected chi connectivity index (χ2v) is 5.24. The fourth-order valence-corrected chi connectivity index (χ4v) is 2.51. The first-order chi connectivity index (χ1) is 10.7. The molecule has 0 N–H and O–H groups in total. The van der Waals surface area contributed by atoms with E-state index in [1.165, 1.54) is 13.2 Å². The normalized spacial score (nSPS) is 19.3. The zero-order chi connectivity index (χ0) is 15.5. The lowest BCUT2D eigenvalue weighted by molar-refractivity contribution is -0.0380. The minimum atomic E-state index is -0.349. The molecule has 6 nitrogen and oxygen atoms in total. The molecule has 1 saturated heterocycles. The monoisotopic (exact) mass is 307 g/mol. The maximum atomic E-state index is 13.7. The van der Waals surface area contributed by atoms with E-state index in [0.29, 0.717) is 31.4 Å². The molecule has 118 valence electrons. The molecular formula is C15H18FN3O3. The lowest BCUT2D eigenvalue weighted by atomic mass is 10.1. The van der Waals surface area contributed by atoms with Crippen LogP contribution in [0.15, 0.2) is 22.7 Å². The van der Waals surface area contributed by atoms with Crippen molar-refractivity contribution in [1.82, 2.24) is 15.0 Å². The van der Waals surface area contributed by atoms with Gasteiger partial charge in [0.25, 0.3) is 0 Å². The van der Waals surface area contributed by atoms with Crippen molar-refractivity contribution < 1.29 is 18.4 Å². The topological polar surface area (TPSA) is 60.6 Å². The van der Waals surface area contributed by atoms with Crippen LogP contribution in [0.3, 0.4) is 0 Å². The Kier molecular flexibility index (Phi) is 4.35. The van der Waals surface area contributed by atoms with Crippen LogP contribution in [0.1, 0.15) is 23.4 Å². The highest BCUT2D eigenvalue weighted by molar-refractivity contribution is 5.29. The maximum absolute atomic E-state index is 13.7. The van der Waals surface area contributed by atoms with E-state index in [9.17, 15) is 4.39 Å². The average Bonchev–Trinajstić information content (AvgIpc) is 2.94. The Hall–Kier alpha value is -1.99. The van der Waals surface area contributed by atoms with E-state index in [1.807, 2.05) is 6.07 Å². The summed E-state index contributed by atoms with van der Waals surface area (Å²) in [5, 5.41) is 3.90. The third kappa shape index (κ3) is 3.26. The van der Waals surface area contributed by atoms with Gasteiger partial charge in [-0.3, -0.25) is 4.90 Å². The van der Waals surface area contributed by atoms with E-state index in [-0.39, 0.29) is 17.7 Å². The van der Waals surface area contributed by atoms with Crippen molar-refractivity contribution in [3.63, 3.8) is 0 Å². The molecule has 3 rings (SSSR count). The fraction of sp³-hybridized carbons (Fsp3) is 0.467. The molecule has 1 aromatic heterocycles. The van der Waals surface area contributed by atoms with Gasteiger partial charge in [0, 0.05) is 26.6 Å². The van der Waals surface area contributed by atoms with Crippen LogP contribution in [0, 0.1) is 12.7 Å². The molecule has 2 heterocycles. The largest absolute Gasteiger partial charge is 0.494 e. The first-order valence-corrected chi connectivity index (χ1v) is 7.12. The summed E-state index contributed by atoms with van der Waals surface area (Å²) in [5.74, 6) is 0.987. The summed E-state index contributed by atoms with van der Waals surface area (Å²) in [6, 6.07) is 5.01. The standard InChI is InChI=1S/C15H18FN3O3/c1-10-17-15(18-22-10)14-9-19(5-6-21-14)8-11-3-4-13(20-2)12(16)7-11/h3-4,7,14H,5-6,8-9H2,1-2H3/t14-/m1/s1. The molecule has 2 aromatic rings. The second-order valence-electron chi connectivity index (χ2n) is 5.24. The molecule has 0 spiro atoms. The molecule has 0 saturated carbocycles. The van der Waals surface area contributed by atoms with Gasteiger partial charge in [0.1, 0.15) is 6.10 Å². The zero-order valence-corrected chi connectivity index (χ0v) is 12.6. The highest BCUT2D eigenvalue weighted by atomic mass is 19.1. The number of benzene rings is 1. The Bertz CT molecular complexity index is 647. The van der Waals surface area contributed by atoms with Crippen LogP contribution in [0.4, 0.5) is 4.39 Å². The predicted molar refractivity (Wildman–Crippen MR) is 76.0 cm³/mol. The molecule has 0 amide bonds. The van der Waals surface area contributed by atoms with Crippen LogP contribution in [0.5, 0.6) is 5.75 Å². The molecule has 0 unspecified atom stereocenters. The number of hydrogen-bond acceptors (Lipinski definition) is 6. The van der Waals surface area contributed by atoms with Gasteiger partial charge in [-0.25, -0.2) is 4.39 Å². The number of halogens is 1. The van der Waals surface area contributed by atoms with Crippen molar-refractivity contribution in [3.8, 4) is 5.75 Å². The van der Waals surface area contributed by atoms with Crippen LogP contribution in [-0.4, -0.2) is 41.8 Å². The fourth-order valence-electron chi connectivity index (χ4n) is 2.51. The van der Waals surface area contributed by atoms with Gasteiger partial charge >= 0.3 is 0 Å². The molecule has 1 aliphatic heterocycles. The number of nitrogens with zero attached hydrogens (tertiary/aromatic N) is 3. The van der Waals surface area contributed by atoms with Crippen LogP contribution >= 0.6 is 0 Å². The van der Waals surface area contributed by atoms with E-state index >= 15 is 0 Å². The Morgan fingerprint density at radius 1 is 1.45 bits per heavy atom.